The number of H-pyrrole nitrogens is 1. The van der Waals surface area contributed by atoms with E-state index >= 15 is 0 Å². The molecule has 2 aromatic rings. The molecule has 1 aromatic carbocycles. The van der Waals surface area contributed by atoms with Crippen molar-refractivity contribution in [3.63, 3.8) is 0 Å². The lowest BCUT2D eigenvalue weighted by atomic mass is 10.0. The van der Waals surface area contributed by atoms with Gasteiger partial charge < -0.3 is 30.1 Å². The van der Waals surface area contributed by atoms with Gasteiger partial charge in [-0.05, 0) is 63.2 Å². The van der Waals surface area contributed by atoms with Gasteiger partial charge in [0, 0.05) is 43.1 Å². The third kappa shape index (κ3) is 4.96. The number of likely N-dealkylation sites (N-methyl/N-ethyl adjacent to an activating group) is 1. The summed E-state index contributed by atoms with van der Waals surface area (Å²) in [5.74, 6) is -1.39. The molecule has 3 N–H and O–H groups in total. The number of likely N-dealkylation sites (tertiary alicyclic amines) is 2. The summed E-state index contributed by atoms with van der Waals surface area (Å²) in [4.78, 5) is 61.2. The molecule has 5 rings (SSSR count). The van der Waals surface area contributed by atoms with E-state index in [2.05, 4.69) is 29.0 Å². The van der Waals surface area contributed by atoms with Crippen molar-refractivity contribution in [2.45, 2.75) is 46.2 Å². The first-order valence-electron chi connectivity index (χ1n) is 13.9. The molecule has 11 nitrogen and oxygen atoms in total. The average molecular weight is 567 g/mol. The predicted molar refractivity (Wildman–Crippen MR) is 151 cm³/mol. The van der Waals surface area contributed by atoms with Crippen LogP contribution in [-0.4, -0.2) is 100 Å². The van der Waals surface area contributed by atoms with Gasteiger partial charge >= 0.3 is 12.1 Å². The van der Waals surface area contributed by atoms with E-state index in [1.54, 1.807) is 19.9 Å². The Morgan fingerprint density at radius 3 is 2.46 bits per heavy atom. The molecular formula is C29H35FN6O5. The van der Waals surface area contributed by atoms with E-state index in [0.717, 1.165) is 24.5 Å². The minimum atomic E-state index is -1.03. The second-order valence-electron chi connectivity index (χ2n) is 10.7. The number of halogens is 1. The molecule has 0 radical (unpaired) electrons. The second kappa shape index (κ2) is 11.0. The number of hydrogen-bond acceptors (Lipinski definition) is 5. The number of amides is 5. The van der Waals surface area contributed by atoms with Crippen LogP contribution in [0.3, 0.4) is 0 Å². The molecule has 0 spiro atoms. The van der Waals surface area contributed by atoms with E-state index in [0.29, 0.717) is 35.5 Å². The normalized spacial score (nSPS) is 20.5. The van der Waals surface area contributed by atoms with Crippen molar-refractivity contribution >= 4 is 41.3 Å². The molecule has 41 heavy (non-hydrogen) atoms. The number of carbonyl (C=O) groups excluding carboxylic acids is 3. The zero-order valence-electron chi connectivity index (χ0n) is 23.7. The summed E-state index contributed by atoms with van der Waals surface area (Å²) in [5, 5.41) is 12.4. The highest BCUT2D eigenvalue weighted by molar-refractivity contribution is 6.42. The van der Waals surface area contributed by atoms with Crippen LogP contribution in [0.4, 0.5) is 19.7 Å². The van der Waals surface area contributed by atoms with E-state index in [1.165, 1.54) is 28.0 Å². The molecule has 0 unspecified atom stereocenters. The molecule has 0 saturated carbocycles. The molecule has 218 valence electrons. The quantitative estimate of drug-likeness (QED) is 0.441. The first-order chi connectivity index (χ1) is 19.5. The van der Waals surface area contributed by atoms with Gasteiger partial charge in [-0.3, -0.25) is 9.59 Å². The number of aromatic nitrogens is 1. The maximum atomic E-state index is 14.4. The van der Waals surface area contributed by atoms with E-state index in [-0.39, 0.29) is 47.9 Å². The average Bonchev–Trinajstić information content (AvgIpc) is 3.68. The molecule has 1 aromatic heterocycles. The molecule has 12 heteroatoms. The molecule has 5 amide bonds. The fourth-order valence-electron chi connectivity index (χ4n) is 6.22. The molecule has 3 aliphatic heterocycles. The summed E-state index contributed by atoms with van der Waals surface area (Å²) in [6.07, 6.45) is 1.05. The van der Waals surface area contributed by atoms with E-state index in [9.17, 15) is 28.7 Å². The van der Waals surface area contributed by atoms with Crippen LogP contribution in [0.15, 0.2) is 18.2 Å². The van der Waals surface area contributed by atoms with Gasteiger partial charge in [-0.15, -0.1) is 0 Å². The third-order valence-corrected chi connectivity index (χ3v) is 8.45. The van der Waals surface area contributed by atoms with E-state index in [4.69, 9.17) is 0 Å². The zero-order valence-corrected chi connectivity index (χ0v) is 23.7. The van der Waals surface area contributed by atoms with Crippen LogP contribution in [-0.2, 0) is 4.79 Å². The Bertz CT molecular complexity index is 1450. The Morgan fingerprint density at radius 1 is 1.15 bits per heavy atom. The first kappa shape index (κ1) is 28.3. The highest BCUT2D eigenvalue weighted by atomic mass is 19.1. The smallest absolute Gasteiger partial charge is 0.407 e. The van der Waals surface area contributed by atoms with Crippen LogP contribution in [0, 0.1) is 19.7 Å². The lowest BCUT2D eigenvalue weighted by Crippen LogP contribution is -2.54. The summed E-state index contributed by atoms with van der Waals surface area (Å²) in [6, 6.07) is 2.62. The Labute approximate surface area is 237 Å². The van der Waals surface area contributed by atoms with Gasteiger partial charge in [0.15, 0.2) is 0 Å². The van der Waals surface area contributed by atoms with E-state index < -0.39 is 23.8 Å². The summed E-state index contributed by atoms with van der Waals surface area (Å²) in [5.41, 5.74) is 2.92. The fraction of sp³-hybridized carbons (Fsp3) is 0.448. The van der Waals surface area contributed by atoms with Crippen LogP contribution in [0.5, 0.6) is 0 Å². The number of carboxylic acid groups (broad SMARTS) is 1. The fourth-order valence-corrected chi connectivity index (χ4v) is 6.22. The standard InChI is InChI=1S/C29H35FN6O5/c1-5-33(6-2)10-9-31-26(37)25-16(3)23(32-17(25)4)13-22-21-11-18(30)7-8-24(21)36(27(22)38)28(39)34-14-20-12-19(34)15-35(20)29(40)41/h7-8,11,13,19-20,32H,5-6,9-10,12,14-15H2,1-4H3,(H,31,37)(H,40,41)/t19-,20-/m0/s1. The van der Waals surface area contributed by atoms with E-state index in [1.807, 2.05) is 0 Å². The second-order valence-corrected chi connectivity index (χ2v) is 10.7. The number of fused-ring (bicyclic) bond motifs is 3. The van der Waals surface area contributed by atoms with Gasteiger partial charge in [0.25, 0.3) is 11.8 Å². The highest BCUT2D eigenvalue weighted by Gasteiger charge is 2.50. The summed E-state index contributed by atoms with van der Waals surface area (Å²) in [7, 11) is 0. The SMILES string of the molecule is CCN(CC)CCNC(=O)c1c(C)[nH]c(C=C2C(=O)N(C(=O)N3C[C@@H]4C[C@H]3CN4C(=O)O)c3ccc(F)cc32)c1C. The van der Waals surface area contributed by atoms with Gasteiger partial charge in [-0.1, -0.05) is 13.8 Å². The van der Waals surface area contributed by atoms with Crippen molar-refractivity contribution in [1.29, 1.82) is 0 Å². The topological polar surface area (TPSA) is 129 Å². The van der Waals surface area contributed by atoms with Gasteiger partial charge in [0.05, 0.1) is 28.9 Å². The molecule has 2 fully saturated rings. The maximum absolute atomic E-state index is 14.4. The number of piperazine rings is 1. The van der Waals surface area contributed by atoms with Gasteiger partial charge in [0.1, 0.15) is 5.82 Å². The van der Waals surface area contributed by atoms with Crippen molar-refractivity contribution in [3.05, 3.63) is 52.1 Å². The van der Waals surface area contributed by atoms with Crippen molar-refractivity contribution in [2.24, 2.45) is 0 Å². The number of aryl methyl sites for hydroxylation is 1. The van der Waals surface area contributed by atoms with Crippen LogP contribution < -0.4 is 10.2 Å². The molecule has 2 atom stereocenters. The number of imide groups is 1. The summed E-state index contributed by atoms with van der Waals surface area (Å²) in [6.45, 7) is 11.1. The number of aromatic amines is 1. The number of anilines is 1. The first-order valence-corrected chi connectivity index (χ1v) is 13.9. The van der Waals surface area contributed by atoms with Crippen molar-refractivity contribution < 1.29 is 28.7 Å². The largest absolute Gasteiger partial charge is 0.465 e. The maximum Gasteiger partial charge on any atom is 0.407 e. The summed E-state index contributed by atoms with van der Waals surface area (Å²) < 4.78 is 14.4. The Kier molecular flexibility index (Phi) is 7.60. The summed E-state index contributed by atoms with van der Waals surface area (Å²) >= 11 is 0. The van der Waals surface area contributed by atoms with Crippen LogP contribution in [0.2, 0.25) is 0 Å². The van der Waals surface area contributed by atoms with Gasteiger partial charge in [0.2, 0.25) is 0 Å². The number of benzene rings is 1. The van der Waals surface area contributed by atoms with Crippen LogP contribution in [0.25, 0.3) is 11.6 Å². The third-order valence-electron chi connectivity index (χ3n) is 8.45. The number of nitrogens with zero attached hydrogens (tertiary/aromatic N) is 4. The minimum absolute atomic E-state index is 0.127. The Morgan fingerprint density at radius 2 is 1.83 bits per heavy atom. The Balaban J connectivity index is 1.41. The molecule has 2 bridgehead atoms. The van der Waals surface area contributed by atoms with Crippen molar-refractivity contribution in [3.8, 4) is 0 Å². The lowest BCUT2D eigenvalue weighted by Gasteiger charge is -2.34. The number of urea groups is 1. The number of rotatable bonds is 7. The van der Waals surface area contributed by atoms with Gasteiger partial charge in [-0.2, -0.15) is 0 Å². The lowest BCUT2D eigenvalue weighted by molar-refractivity contribution is -0.112. The molecule has 3 aliphatic rings. The van der Waals surface area contributed by atoms with Gasteiger partial charge in [-0.25, -0.2) is 18.9 Å². The van der Waals surface area contributed by atoms with Crippen LogP contribution in [0.1, 0.15) is 53.1 Å². The van der Waals surface area contributed by atoms with Crippen molar-refractivity contribution in [1.82, 2.24) is 25.0 Å². The minimum Gasteiger partial charge on any atom is -0.465 e. The highest BCUT2D eigenvalue weighted by Crippen LogP contribution is 2.41. The monoisotopic (exact) mass is 566 g/mol. The number of carbonyl (C=O) groups is 4. The zero-order chi connectivity index (χ0) is 29.6. The Hall–Kier alpha value is -4.19. The predicted octanol–water partition coefficient (Wildman–Crippen LogP) is 3.29. The molecular weight excluding hydrogens is 531 g/mol. The number of nitrogens with one attached hydrogen (secondary N) is 2. The van der Waals surface area contributed by atoms with Crippen molar-refractivity contribution in [2.75, 3.05) is 44.2 Å². The molecule has 0 aliphatic carbocycles. The molecule has 4 heterocycles. The van der Waals surface area contributed by atoms with Crippen LogP contribution >= 0.6 is 0 Å². The molecule has 2 saturated heterocycles. The number of hydrogen-bond donors (Lipinski definition) is 3.